The maximum atomic E-state index is 2.36. The van der Waals surface area contributed by atoms with Gasteiger partial charge in [0.25, 0.3) is 0 Å². The molecule has 0 bridgehead atoms. The summed E-state index contributed by atoms with van der Waals surface area (Å²) in [6.07, 6.45) is 0. The van der Waals surface area contributed by atoms with Crippen LogP contribution in [0.25, 0.3) is 0 Å². The van der Waals surface area contributed by atoms with Crippen LogP contribution >= 0.6 is 0 Å². The molecule has 0 aliphatic carbocycles. The van der Waals surface area contributed by atoms with Crippen LogP contribution in [0.4, 0.5) is 0 Å². The van der Waals surface area contributed by atoms with Gasteiger partial charge < -0.3 is 15.3 Å². The van der Waals surface area contributed by atoms with Crippen molar-refractivity contribution >= 4 is 0 Å². The molecule has 0 radical (unpaired) electrons. The van der Waals surface area contributed by atoms with Crippen molar-refractivity contribution in [1.29, 1.82) is 0 Å². The lowest BCUT2D eigenvalue weighted by Crippen LogP contribution is -2.42. The Balaban J connectivity index is 0.000000640. The Labute approximate surface area is 56.6 Å². The largest absolute Gasteiger partial charge is 0.412 e. The van der Waals surface area contributed by atoms with Gasteiger partial charge in [-0.25, -0.2) is 0 Å². The summed E-state index contributed by atoms with van der Waals surface area (Å²) in [5.74, 6) is 0. The molecule has 2 N–H and O–H groups in total. The predicted molar refractivity (Wildman–Crippen MR) is 38.6 cm³/mol. The molecule has 0 atom stereocenters. The van der Waals surface area contributed by atoms with Gasteiger partial charge in [0, 0.05) is 26.2 Å². The van der Waals surface area contributed by atoms with Gasteiger partial charge in [0.15, 0.2) is 0 Å². The van der Waals surface area contributed by atoms with Crippen molar-refractivity contribution in [3.63, 3.8) is 0 Å². The molecule has 1 aliphatic heterocycles. The van der Waals surface area contributed by atoms with E-state index in [1.807, 2.05) is 0 Å². The fraction of sp³-hybridized carbons (Fsp3) is 1.00. The third-order valence-corrected chi connectivity index (χ3v) is 1.73. The standard InChI is InChI=1S/C6H14N2.H2O/c1-7-3-5-8(2)6-4-7;/h3-6H2,1-2H3;1H2. The summed E-state index contributed by atoms with van der Waals surface area (Å²) in [7, 11) is 4.35. The van der Waals surface area contributed by atoms with E-state index in [9.17, 15) is 0 Å². The highest BCUT2D eigenvalue weighted by molar-refractivity contribution is 4.64. The SMILES string of the molecule is CN1CCN(C)CC1.O. The highest BCUT2D eigenvalue weighted by atomic mass is 16.0. The second kappa shape index (κ2) is 3.82. The summed E-state index contributed by atoms with van der Waals surface area (Å²) >= 11 is 0. The molecule has 0 unspecified atom stereocenters. The van der Waals surface area contributed by atoms with E-state index in [2.05, 4.69) is 23.9 Å². The van der Waals surface area contributed by atoms with Crippen molar-refractivity contribution in [3.05, 3.63) is 0 Å². The van der Waals surface area contributed by atoms with Gasteiger partial charge in [0.1, 0.15) is 0 Å². The van der Waals surface area contributed by atoms with Crippen LogP contribution in [0.5, 0.6) is 0 Å². The first kappa shape index (κ1) is 8.88. The van der Waals surface area contributed by atoms with Gasteiger partial charge in [-0.1, -0.05) is 0 Å². The third kappa shape index (κ3) is 2.79. The smallest absolute Gasteiger partial charge is 0.0107 e. The highest BCUT2D eigenvalue weighted by Crippen LogP contribution is 1.93. The van der Waals surface area contributed by atoms with Crippen LogP contribution in [-0.4, -0.2) is 55.6 Å². The fourth-order valence-corrected chi connectivity index (χ4v) is 0.906. The molecule has 1 aliphatic rings. The zero-order chi connectivity index (χ0) is 5.98. The van der Waals surface area contributed by atoms with Gasteiger partial charge in [-0.2, -0.15) is 0 Å². The number of hydrogen-bond donors (Lipinski definition) is 0. The monoisotopic (exact) mass is 132 g/mol. The summed E-state index contributed by atoms with van der Waals surface area (Å²) in [6, 6.07) is 0. The van der Waals surface area contributed by atoms with Crippen molar-refractivity contribution in [3.8, 4) is 0 Å². The van der Waals surface area contributed by atoms with Crippen LogP contribution in [0.3, 0.4) is 0 Å². The van der Waals surface area contributed by atoms with E-state index < -0.39 is 0 Å². The molecule has 0 aromatic rings. The molecule has 0 aromatic carbocycles. The Bertz CT molecular complexity index is 59.5. The molecule has 0 aromatic heterocycles. The first-order valence-corrected chi connectivity index (χ1v) is 3.16. The van der Waals surface area contributed by atoms with Gasteiger partial charge in [-0.05, 0) is 14.1 Å². The second-order valence-electron chi connectivity index (χ2n) is 2.61. The molecule has 1 rings (SSSR count). The third-order valence-electron chi connectivity index (χ3n) is 1.73. The molecule has 1 saturated heterocycles. The van der Waals surface area contributed by atoms with E-state index >= 15 is 0 Å². The molecular formula is C6H16N2O. The zero-order valence-corrected chi connectivity index (χ0v) is 6.22. The first-order valence-electron chi connectivity index (χ1n) is 3.16. The van der Waals surface area contributed by atoms with Gasteiger partial charge >= 0.3 is 0 Å². The average molecular weight is 132 g/mol. The normalized spacial score (nSPS) is 23.3. The minimum Gasteiger partial charge on any atom is -0.412 e. The Morgan fingerprint density at radius 2 is 1.00 bits per heavy atom. The van der Waals surface area contributed by atoms with Crippen molar-refractivity contribution < 1.29 is 5.48 Å². The van der Waals surface area contributed by atoms with Gasteiger partial charge in [0.2, 0.25) is 0 Å². The maximum Gasteiger partial charge on any atom is 0.0107 e. The maximum absolute atomic E-state index is 2.36. The van der Waals surface area contributed by atoms with Crippen molar-refractivity contribution in [2.75, 3.05) is 40.3 Å². The van der Waals surface area contributed by atoms with E-state index in [0.717, 1.165) is 0 Å². The highest BCUT2D eigenvalue weighted by Gasteiger charge is 2.07. The van der Waals surface area contributed by atoms with E-state index in [1.165, 1.54) is 26.2 Å². The number of likely N-dealkylation sites (N-methyl/N-ethyl adjacent to an activating group) is 2. The lowest BCUT2D eigenvalue weighted by molar-refractivity contribution is 0.181. The van der Waals surface area contributed by atoms with Crippen LogP contribution in [0.1, 0.15) is 0 Å². The molecule has 9 heavy (non-hydrogen) atoms. The van der Waals surface area contributed by atoms with Gasteiger partial charge in [-0.3, -0.25) is 0 Å². The van der Waals surface area contributed by atoms with Crippen LogP contribution < -0.4 is 0 Å². The lowest BCUT2D eigenvalue weighted by Gasteiger charge is -2.28. The fourth-order valence-electron chi connectivity index (χ4n) is 0.906. The van der Waals surface area contributed by atoms with E-state index in [1.54, 1.807) is 0 Å². The summed E-state index contributed by atoms with van der Waals surface area (Å²) in [5.41, 5.74) is 0. The Morgan fingerprint density at radius 3 is 1.22 bits per heavy atom. The van der Waals surface area contributed by atoms with Crippen molar-refractivity contribution in [2.45, 2.75) is 0 Å². The predicted octanol–water partition coefficient (Wildman–Crippen LogP) is -0.961. The number of rotatable bonds is 0. The number of nitrogens with zero attached hydrogens (tertiary/aromatic N) is 2. The number of hydrogen-bond acceptors (Lipinski definition) is 2. The summed E-state index contributed by atoms with van der Waals surface area (Å²) in [5, 5.41) is 0. The van der Waals surface area contributed by atoms with E-state index in [0.29, 0.717) is 0 Å². The van der Waals surface area contributed by atoms with Crippen molar-refractivity contribution in [2.24, 2.45) is 0 Å². The topological polar surface area (TPSA) is 38.0 Å². The summed E-state index contributed by atoms with van der Waals surface area (Å²) < 4.78 is 0. The Kier molecular flexibility index (Phi) is 3.77. The molecule has 1 heterocycles. The molecule has 0 amide bonds. The van der Waals surface area contributed by atoms with Crippen LogP contribution in [0.2, 0.25) is 0 Å². The lowest BCUT2D eigenvalue weighted by atomic mass is 10.4. The van der Waals surface area contributed by atoms with E-state index in [-0.39, 0.29) is 5.48 Å². The van der Waals surface area contributed by atoms with E-state index in [4.69, 9.17) is 0 Å². The van der Waals surface area contributed by atoms with Gasteiger partial charge in [0.05, 0.1) is 0 Å². The van der Waals surface area contributed by atoms with Crippen LogP contribution in [0.15, 0.2) is 0 Å². The second-order valence-corrected chi connectivity index (χ2v) is 2.61. The van der Waals surface area contributed by atoms with Crippen LogP contribution in [-0.2, 0) is 0 Å². The minimum absolute atomic E-state index is 0. The summed E-state index contributed by atoms with van der Waals surface area (Å²) in [4.78, 5) is 4.72. The molecule has 56 valence electrons. The quantitative estimate of drug-likeness (QED) is 0.426. The zero-order valence-electron chi connectivity index (χ0n) is 6.22. The van der Waals surface area contributed by atoms with Crippen molar-refractivity contribution in [1.82, 2.24) is 9.80 Å². The molecule has 0 spiro atoms. The molecule has 3 nitrogen and oxygen atoms in total. The summed E-state index contributed by atoms with van der Waals surface area (Å²) in [6.45, 7) is 4.93. The first-order chi connectivity index (χ1) is 3.79. The molecule has 3 heteroatoms. The van der Waals surface area contributed by atoms with Gasteiger partial charge in [-0.15, -0.1) is 0 Å². The molecule has 0 saturated carbocycles. The average Bonchev–Trinajstić information content (AvgIpc) is 1.77. The molecule has 1 fully saturated rings. The Morgan fingerprint density at radius 1 is 0.778 bits per heavy atom. The van der Waals surface area contributed by atoms with Crippen LogP contribution in [0, 0.1) is 0 Å². The molecular weight excluding hydrogens is 116 g/mol. The Hall–Kier alpha value is -0.120. The number of piperazine rings is 1. The minimum atomic E-state index is 0.